The molecule has 2 aromatic carbocycles. The van der Waals surface area contributed by atoms with Crippen molar-refractivity contribution in [2.24, 2.45) is 0 Å². The molecule has 3 rings (SSSR count). The molecule has 8 heteroatoms. The number of hydrogen-bond acceptors (Lipinski definition) is 6. The standard InChI is InChI=1S/C24H29IN2O5/c1-31-20-8-4-2-6-16(20)10-11-26-19-14-17(24(30)27-12-13-28)15-22(23(19)29)32-21-9-5-3-7-18(21)25/h2-9,15,19,22-23,26,28-29H,10-14H2,1H3,(H,27,30)/t19-,22+,23+/m1/s1. The Morgan fingerprint density at radius 3 is 2.56 bits per heavy atom. The van der Waals surface area contributed by atoms with E-state index in [4.69, 9.17) is 14.6 Å². The molecule has 3 atom stereocenters. The number of carbonyl (C=O) groups is 1. The number of para-hydroxylation sites is 2. The van der Waals surface area contributed by atoms with E-state index < -0.39 is 12.2 Å². The molecule has 0 spiro atoms. The van der Waals surface area contributed by atoms with E-state index in [9.17, 15) is 9.90 Å². The zero-order chi connectivity index (χ0) is 22.9. The van der Waals surface area contributed by atoms with Gasteiger partial charge in [0.05, 0.1) is 17.3 Å². The highest BCUT2D eigenvalue weighted by atomic mass is 127. The third-order valence-corrected chi connectivity index (χ3v) is 6.23. The van der Waals surface area contributed by atoms with Gasteiger partial charge < -0.3 is 30.3 Å². The molecule has 0 aliphatic heterocycles. The number of amides is 1. The summed E-state index contributed by atoms with van der Waals surface area (Å²) in [5.74, 6) is 1.21. The van der Waals surface area contributed by atoms with Crippen LogP contribution in [0.25, 0.3) is 0 Å². The number of ether oxygens (including phenoxy) is 2. The topological polar surface area (TPSA) is 100 Å². The number of methoxy groups -OCH3 is 1. The van der Waals surface area contributed by atoms with E-state index in [1.54, 1.807) is 13.2 Å². The molecule has 0 fully saturated rings. The van der Waals surface area contributed by atoms with Crippen molar-refractivity contribution in [3.63, 3.8) is 0 Å². The monoisotopic (exact) mass is 552 g/mol. The Morgan fingerprint density at radius 2 is 1.84 bits per heavy atom. The quantitative estimate of drug-likeness (QED) is 0.337. The lowest BCUT2D eigenvalue weighted by Crippen LogP contribution is -2.52. The van der Waals surface area contributed by atoms with Gasteiger partial charge in [-0.2, -0.15) is 0 Å². The van der Waals surface area contributed by atoms with E-state index in [-0.39, 0.29) is 25.1 Å². The highest BCUT2D eigenvalue weighted by Gasteiger charge is 2.35. The van der Waals surface area contributed by atoms with Gasteiger partial charge in [-0.1, -0.05) is 30.3 Å². The van der Waals surface area contributed by atoms with Crippen LogP contribution in [0.4, 0.5) is 0 Å². The van der Waals surface area contributed by atoms with Crippen molar-refractivity contribution in [1.29, 1.82) is 0 Å². The second kappa shape index (κ2) is 12.2. The van der Waals surface area contributed by atoms with Crippen LogP contribution < -0.4 is 20.1 Å². The number of halogens is 1. The highest BCUT2D eigenvalue weighted by Crippen LogP contribution is 2.27. The third-order valence-electron chi connectivity index (χ3n) is 5.34. The predicted molar refractivity (Wildman–Crippen MR) is 131 cm³/mol. The zero-order valence-electron chi connectivity index (χ0n) is 18.0. The van der Waals surface area contributed by atoms with E-state index >= 15 is 0 Å². The smallest absolute Gasteiger partial charge is 0.247 e. The van der Waals surface area contributed by atoms with Crippen LogP contribution in [0.3, 0.4) is 0 Å². The number of carbonyl (C=O) groups excluding carboxylic acids is 1. The molecule has 32 heavy (non-hydrogen) atoms. The number of aliphatic hydroxyl groups excluding tert-OH is 2. The van der Waals surface area contributed by atoms with Crippen LogP contribution in [0.2, 0.25) is 0 Å². The lowest BCUT2D eigenvalue weighted by atomic mass is 9.89. The molecule has 4 N–H and O–H groups in total. The SMILES string of the molecule is COc1ccccc1CCN[C@@H]1CC(C(=O)NCCO)=C[C@H](Oc2ccccc2I)[C@H]1O. The number of aliphatic hydroxyl groups is 2. The summed E-state index contributed by atoms with van der Waals surface area (Å²) in [5.41, 5.74) is 1.59. The average molecular weight is 552 g/mol. The van der Waals surface area contributed by atoms with Crippen LogP contribution in [0.5, 0.6) is 11.5 Å². The Kier molecular flexibility index (Phi) is 9.34. The van der Waals surface area contributed by atoms with Crippen molar-refractivity contribution >= 4 is 28.5 Å². The summed E-state index contributed by atoms with van der Waals surface area (Å²) in [4.78, 5) is 12.6. The van der Waals surface area contributed by atoms with Gasteiger partial charge in [-0.25, -0.2) is 0 Å². The van der Waals surface area contributed by atoms with Gasteiger partial charge in [0.15, 0.2) is 0 Å². The Bertz CT molecular complexity index is 936. The van der Waals surface area contributed by atoms with Crippen LogP contribution in [0.15, 0.2) is 60.2 Å². The fraction of sp³-hybridized carbons (Fsp3) is 0.375. The van der Waals surface area contributed by atoms with Gasteiger partial charge in [0.1, 0.15) is 23.7 Å². The predicted octanol–water partition coefficient (Wildman–Crippen LogP) is 2.05. The zero-order valence-corrected chi connectivity index (χ0v) is 20.1. The first-order valence-corrected chi connectivity index (χ1v) is 11.7. The maximum absolute atomic E-state index is 12.6. The highest BCUT2D eigenvalue weighted by molar-refractivity contribution is 14.1. The number of benzene rings is 2. The number of rotatable bonds is 10. The van der Waals surface area contributed by atoms with Crippen LogP contribution in [0.1, 0.15) is 12.0 Å². The van der Waals surface area contributed by atoms with Gasteiger partial charge in [-0.3, -0.25) is 4.79 Å². The van der Waals surface area contributed by atoms with E-state index in [0.717, 1.165) is 14.9 Å². The van der Waals surface area contributed by atoms with Crippen molar-refractivity contribution < 1.29 is 24.5 Å². The first-order valence-electron chi connectivity index (χ1n) is 10.6. The molecule has 0 saturated carbocycles. The molecule has 172 valence electrons. The fourth-order valence-electron chi connectivity index (χ4n) is 3.69. The second-order valence-electron chi connectivity index (χ2n) is 7.50. The van der Waals surface area contributed by atoms with Crippen molar-refractivity contribution in [2.75, 3.05) is 26.8 Å². The largest absolute Gasteiger partial charge is 0.496 e. The molecule has 0 heterocycles. The minimum Gasteiger partial charge on any atom is -0.496 e. The van der Waals surface area contributed by atoms with Crippen LogP contribution in [-0.2, 0) is 11.2 Å². The van der Waals surface area contributed by atoms with E-state index in [1.165, 1.54) is 0 Å². The Balaban J connectivity index is 1.73. The molecule has 1 aliphatic carbocycles. The maximum atomic E-state index is 12.6. The summed E-state index contributed by atoms with van der Waals surface area (Å²) in [6.07, 6.45) is 1.23. The summed E-state index contributed by atoms with van der Waals surface area (Å²) < 4.78 is 12.4. The van der Waals surface area contributed by atoms with Gasteiger partial charge in [-0.15, -0.1) is 0 Å². The Morgan fingerprint density at radius 1 is 1.12 bits per heavy atom. The van der Waals surface area contributed by atoms with E-state index in [2.05, 4.69) is 33.2 Å². The van der Waals surface area contributed by atoms with Crippen molar-refractivity contribution in [3.05, 3.63) is 69.3 Å². The van der Waals surface area contributed by atoms with E-state index in [0.29, 0.717) is 30.7 Å². The van der Waals surface area contributed by atoms with Crippen LogP contribution in [-0.4, -0.2) is 61.2 Å². The second-order valence-corrected chi connectivity index (χ2v) is 8.66. The summed E-state index contributed by atoms with van der Waals surface area (Å²) in [6, 6.07) is 15.0. The molecule has 1 amide bonds. The molecule has 0 unspecified atom stereocenters. The summed E-state index contributed by atoms with van der Waals surface area (Å²) in [6.45, 7) is 0.639. The fourth-order valence-corrected chi connectivity index (χ4v) is 4.20. The minimum atomic E-state index is -0.835. The van der Waals surface area contributed by atoms with Gasteiger partial charge in [0.25, 0.3) is 0 Å². The first kappa shape index (κ1) is 24.5. The Labute approximate surface area is 202 Å². The van der Waals surface area contributed by atoms with Crippen LogP contribution in [0, 0.1) is 3.57 Å². The lowest BCUT2D eigenvalue weighted by Gasteiger charge is -2.34. The molecule has 1 aliphatic rings. The summed E-state index contributed by atoms with van der Waals surface area (Å²) in [7, 11) is 1.64. The Hall–Kier alpha value is -2.14. The molecule has 0 aromatic heterocycles. The summed E-state index contributed by atoms with van der Waals surface area (Å²) in [5, 5.41) is 26.1. The maximum Gasteiger partial charge on any atom is 0.247 e. The average Bonchev–Trinajstić information content (AvgIpc) is 2.81. The summed E-state index contributed by atoms with van der Waals surface area (Å²) >= 11 is 2.18. The minimum absolute atomic E-state index is 0.135. The molecule has 2 aromatic rings. The van der Waals surface area contributed by atoms with Crippen molar-refractivity contribution in [3.8, 4) is 11.5 Å². The van der Waals surface area contributed by atoms with Gasteiger partial charge in [-0.05, 0) is 71.8 Å². The molecular formula is C24H29IN2O5. The van der Waals surface area contributed by atoms with Crippen molar-refractivity contribution in [1.82, 2.24) is 10.6 Å². The van der Waals surface area contributed by atoms with Crippen LogP contribution >= 0.6 is 22.6 Å². The molecular weight excluding hydrogens is 523 g/mol. The van der Waals surface area contributed by atoms with E-state index in [1.807, 2.05) is 48.5 Å². The third kappa shape index (κ3) is 6.44. The van der Waals surface area contributed by atoms with Gasteiger partial charge in [0, 0.05) is 18.2 Å². The number of nitrogens with one attached hydrogen (secondary N) is 2. The molecule has 0 radical (unpaired) electrons. The molecule has 7 nitrogen and oxygen atoms in total. The van der Waals surface area contributed by atoms with Gasteiger partial charge in [0.2, 0.25) is 5.91 Å². The van der Waals surface area contributed by atoms with Gasteiger partial charge >= 0.3 is 0 Å². The lowest BCUT2D eigenvalue weighted by molar-refractivity contribution is -0.118. The first-order chi connectivity index (χ1) is 15.5. The molecule has 0 saturated heterocycles. The molecule has 0 bridgehead atoms. The number of hydrogen-bond donors (Lipinski definition) is 4. The normalized spacial score (nSPS) is 20.4. The van der Waals surface area contributed by atoms with Crippen molar-refractivity contribution in [2.45, 2.75) is 31.1 Å².